The van der Waals surface area contributed by atoms with Gasteiger partial charge in [0.15, 0.2) is 0 Å². The zero-order valence-electron chi connectivity index (χ0n) is 11.7. The third-order valence-electron chi connectivity index (χ3n) is 2.89. The van der Waals surface area contributed by atoms with Gasteiger partial charge in [0.05, 0.1) is 12.7 Å². The highest BCUT2D eigenvalue weighted by Gasteiger charge is 2.03. The van der Waals surface area contributed by atoms with Crippen molar-refractivity contribution in [2.75, 3.05) is 27.3 Å². The van der Waals surface area contributed by atoms with Gasteiger partial charge in [0.2, 0.25) is 0 Å². The third-order valence-corrected chi connectivity index (χ3v) is 2.89. The van der Waals surface area contributed by atoms with Crippen molar-refractivity contribution in [3.63, 3.8) is 0 Å². The average molecular weight is 251 g/mol. The summed E-state index contributed by atoms with van der Waals surface area (Å²) in [6.45, 7) is 3.93. The zero-order chi connectivity index (χ0) is 13.2. The monoisotopic (exact) mass is 251 g/mol. The van der Waals surface area contributed by atoms with Crippen LogP contribution < -0.4 is 10.1 Å². The van der Waals surface area contributed by atoms with Crippen LogP contribution in [0, 0.1) is 0 Å². The Labute approximate surface area is 110 Å². The van der Waals surface area contributed by atoms with E-state index in [4.69, 9.17) is 9.47 Å². The predicted molar refractivity (Wildman–Crippen MR) is 75.3 cm³/mol. The molecule has 0 saturated carbocycles. The molecule has 0 heterocycles. The topological polar surface area (TPSA) is 30.5 Å². The quantitative estimate of drug-likeness (QED) is 0.684. The highest BCUT2D eigenvalue weighted by atomic mass is 16.5. The van der Waals surface area contributed by atoms with E-state index in [1.807, 2.05) is 19.2 Å². The fourth-order valence-corrected chi connectivity index (χ4v) is 1.81. The first-order chi connectivity index (χ1) is 8.76. The Hall–Kier alpha value is -1.06. The van der Waals surface area contributed by atoms with Crippen molar-refractivity contribution in [1.29, 1.82) is 0 Å². The van der Waals surface area contributed by atoms with Gasteiger partial charge in [0.25, 0.3) is 0 Å². The molecule has 18 heavy (non-hydrogen) atoms. The fraction of sp³-hybridized carbons (Fsp3) is 0.600. The van der Waals surface area contributed by atoms with Gasteiger partial charge in [0.1, 0.15) is 5.75 Å². The molecule has 1 aromatic carbocycles. The first-order valence-corrected chi connectivity index (χ1v) is 6.65. The summed E-state index contributed by atoms with van der Waals surface area (Å²) in [5.41, 5.74) is 1.28. The number of methoxy groups -OCH3 is 1. The summed E-state index contributed by atoms with van der Waals surface area (Å²) in [4.78, 5) is 0. The second kappa shape index (κ2) is 8.95. The van der Waals surface area contributed by atoms with E-state index < -0.39 is 0 Å². The first-order valence-electron chi connectivity index (χ1n) is 6.65. The van der Waals surface area contributed by atoms with E-state index in [2.05, 4.69) is 24.4 Å². The SMILES string of the molecule is CNCCCC(C)Oc1ccc(CCOC)cc1. The van der Waals surface area contributed by atoms with E-state index >= 15 is 0 Å². The van der Waals surface area contributed by atoms with Crippen molar-refractivity contribution in [3.8, 4) is 5.75 Å². The Bertz CT molecular complexity index is 311. The van der Waals surface area contributed by atoms with Gasteiger partial charge in [-0.05, 0) is 57.5 Å². The molecule has 1 aromatic rings. The lowest BCUT2D eigenvalue weighted by Gasteiger charge is -2.14. The van der Waals surface area contributed by atoms with E-state index in [0.29, 0.717) is 0 Å². The third kappa shape index (κ3) is 6.03. The molecule has 1 atom stereocenters. The Morgan fingerprint density at radius 1 is 1.22 bits per heavy atom. The van der Waals surface area contributed by atoms with Gasteiger partial charge >= 0.3 is 0 Å². The standard InChI is InChI=1S/C15H25NO2/c1-13(5-4-11-16-2)18-15-8-6-14(7-9-15)10-12-17-3/h6-9,13,16H,4-5,10-12H2,1-3H3. The summed E-state index contributed by atoms with van der Waals surface area (Å²) < 4.78 is 10.9. The largest absolute Gasteiger partial charge is 0.491 e. The Kier molecular flexibility index (Phi) is 7.46. The molecule has 0 amide bonds. The van der Waals surface area contributed by atoms with Crippen molar-refractivity contribution < 1.29 is 9.47 Å². The van der Waals surface area contributed by atoms with Crippen LogP contribution in [-0.4, -0.2) is 33.4 Å². The molecule has 102 valence electrons. The molecule has 0 saturated heterocycles. The zero-order valence-corrected chi connectivity index (χ0v) is 11.7. The van der Waals surface area contributed by atoms with Gasteiger partial charge in [-0.1, -0.05) is 12.1 Å². The van der Waals surface area contributed by atoms with Gasteiger partial charge in [-0.2, -0.15) is 0 Å². The molecule has 3 heteroatoms. The number of rotatable bonds is 9. The van der Waals surface area contributed by atoms with Crippen LogP contribution in [0.1, 0.15) is 25.3 Å². The molecular formula is C15H25NO2. The predicted octanol–water partition coefficient (Wildman–Crippen LogP) is 2.64. The van der Waals surface area contributed by atoms with Gasteiger partial charge in [-0.3, -0.25) is 0 Å². The number of nitrogens with one attached hydrogen (secondary N) is 1. The number of hydrogen-bond donors (Lipinski definition) is 1. The fourth-order valence-electron chi connectivity index (χ4n) is 1.81. The molecule has 1 rings (SSSR count). The second-order valence-corrected chi connectivity index (χ2v) is 4.56. The molecule has 0 spiro atoms. The molecule has 0 aliphatic rings. The minimum atomic E-state index is 0.267. The summed E-state index contributed by atoms with van der Waals surface area (Å²) in [5, 5.41) is 3.15. The van der Waals surface area contributed by atoms with E-state index in [9.17, 15) is 0 Å². The Morgan fingerprint density at radius 2 is 1.94 bits per heavy atom. The van der Waals surface area contributed by atoms with Crippen molar-refractivity contribution in [2.24, 2.45) is 0 Å². The summed E-state index contributed by atoms with van der Waals surface area (Å²) in [6.07, 6.45) is 3.44. The normalized spacial score (nSPS) is 12.4. The van der Waals surface area contributed by atoms with Crippen LogP contribution >= 0.6 is 0 Å². The van der Waals surface area contributed by atoms with E-state index in [1.54, 1.807) is 7.11 Å². The van der Waals surface area contributed by atoms with Gasteiger partial charge < -0.3 is 14.8 Å². The van der Waals surface area contributed by atoms with Gasteiger partial charge in [-0.25, -0.2) is 0 Å². The Morgan fingerprint density at radius 3 is 2.56 bits per heavy atom. The highest BCUT2D eigenvalue weighted by Crippen LogP contribution is 2.15. The molecular weight excluding hydrogens is 226 g/mol. The molecule has 0 aromatic heterocycles. The molecule has 1 unspecified atom stereocenters. The van der Waals surface area contributed by atoms with Crippen molar-refractivity contribution in [1.82, 2.24) is 5.32 Å². The van der Waals surface area contributed by atoms with Crippen LogP contribution in [0.4, 0.5) is 0 Å². The second-order valence-electron chi connectivity index (χ2n) is 4.56. The summed E-state index contributed by atoms with van der Waals surface area (Å²) in [7, 11) is 3.70. The summed E-state index contributed by atoms with van der Waals surface area (Å²) in [5.74, 6) is 0.952. The van der Waals surface area contributed by atoms with Crippen molar-refractivity contribution in [2.45, 2.75) is 32.3 Å². The molecule has 1 N–H and O–H groups in total. The van der Waals surface area contributed by atoms with Crippen molar-refractivity contribution in [3.05, 3.63) is 29.8 Å². The van der Waals surface area contributed by atoms with Crippen molar-refractivity contribution >= 4 is 0 Å². The summed E-state index contributed by atoms with van der Waals surface area (Å²) >= 11 is 0. The maximum atomic E-state index is 5.86. The lowest BCUT2D eigenvalue weighted by atomic mass is 10.1. The number of hydrogen-bond acceptors (Lipinski definition) is 3. The van der Waals surface area contributed by atoms with Gasteiger partial charge in [0, 0.05) is 7.11 Å². The van der Waals surface area contributed by atoms with E-state index in [1.165, 1.54) is 5.56 Å². The highest BCUT2D eigenvalue weighted by molar-refractivity contribution is 5.27. The van der Waals surface area contributed by atoms with E-state index in [-0.39, 0.29) is 6.10 Å². The minimum Gasteiger partial charge on any atom is -0.491 e. The average Bonchev–Trinajstić information content (AvgIpc) is 2.38. The van der Waals surface area contributed by atoms with Crippen LogP contribution in [0.5, 0.6) is 5.75 Å². The maximum absolute atomic E-state index is 5.86. The lowest BCUT2D eigenvalue weighted by Crippen LogP contribution is -2.15. The van der Waals surface area contributed by atoms with Gasteiger partial charge in [-0.15, -0.1) is 0 Å². The summed E-state index contributed by atoms with van der Waals surface area (Å²) in [6, 6.07) is 8.29. The van der Waals surface area contributed by atoms with E-state index in [0.717, 1.165) is 38.2 Å². The number of benzene rings is 1. The van der Waals surface area contributed by atoms with Crippen LogP contribution in [0.2, 0.25) is 0 Å². The molecule has 0 bridgehead atoms. The number of ether oxygens (including phenoxy) is 2. The van der Waals surface area contributed by atoms with Crippen LogP contribution in [-0.2, 0) is 11.2 Å². The lowest BCUT2D eigenvalue weighted by molar-refractivity contribution is 0.201. The molecule has 0 fully saturated rings. The Balaban J connectivity index is 2.33. The smallest absolute Gasteiger partial charge is 0.119 e. The first kappa shape index (κ1) is 15.0. The molecule has 3 nitrogen and oxygen atoms in total. The maximum Gasteiger partial charge on any atom is 0.119 e. The van der Waals surface area contributed by atoms with Crippen LogP contribution in [0.25, 0.3) is 0 Å². The molecule has 0 aliphatic heterocycles. The molecule has 0 radical (unpaired) electrons. The minimum absolute atomic E-state index is 0.267. The van der Waals surface area contributed by atoms with Crippen LogP contribution in [0.15, 0.2) is 24.3 Å². The van der Waals surface area contributed by atoms with Crippen LogP contribution in [0.3, 0.4) is 0 Å². The molecule has 0 aliphatic carbocycles.